The molecule has 2 N–H and O–H groups in total. The first kappa shape index (κ1) is 18.0. The zero-order chi connectivity index (χ0) is 18.4. The Balaban J connectivity index is 1.81. The summed E-state index contributed by atoms with van der Waals surface area (Å²) in [5.74, 6) is 2.23. The van der Waals surface area contributed by atoms with Crippen LogP contribution in [0.2, 0.25) is 0 Å². The van der Waals surface area contributed by atoms with Crippen LogP contribution in [0, 0.1) is 11.7 Å². The van der Waals surface area contributed by atoms with Crippen molar-refractivity contribution >= 4 is 12.2 Å². The van der Waals surface area contributed by atoms with Crippen LogP contribution in [0.1, 0.15) is 23.9 Å². The normalized spacial score (nSPS) is 10.5. The smallest absolute Gasteiger partial charge is 0.214 e. The first-order chi connectivity index (χ1) is 12.7. The van der Waals surface area contributed by atoms with E-state index < -0.39 is 0 Å². The minimum absolute atomic E-state index is 0.474. The average molecular weight is 370 g/mol. The fourth-order valence-electron chi connectivity index (χ4n) is 2.59. The summed E-state index contributed by atoms with van der Waals surface area (Å²) in [5, 5.41) is 6.86. The van der Waals surface area contributed by atoms with Crippen molar-refractivity contribution in [3.05, 3.63) is 70.3 Å². The maximum Gasteiger partial charge on any atom is 0.214 e. The van der Waals surface area contributed by atoms with E-state index in [0.717, 1.165) is 28.5 Å². The summed E-state index contributed by atoms with van der Waals surface area (Å²) in [4.78, 5) is 0. The van der Waals surface area contributed by atoms with E-state index in [9.17, 15) is 0 Å². The van der Waals surface area contributed by atoms with Crippen LogP contribution < -0.4 is 14.9 Å². The molecule has 0 amide bonds. The van der Waals surface area contributed by atoms with Gasteiger partial charge in [0.1, 0.15) is 12.4 Å². The van der Waals surface area contributed by atoms with E-state index in [4.69, 9.17) is 21.7 Å². The molecule has 2 aromatic carbocycles. The first-order valence-corrected chi connectivity index (χ1v) is 8.89. The fraction of sp³-hybridized carbons (Fsp3) is 0.263. The van der Waals surface area contributed by atoms with Gasteiger partial charge in [-0.05, 0) is 37.7 Å². The van der Waals surface area contributed by atoms with E-state index in [1.54, 1.807) is 4.68 Å². The number of ether oxygens (including phenoxy) is 2. The Kier molecular flexibility index (Phi) is 5.91. The number of nitrogens with zero attached hydrogens (tertiary/aromatic N) is 2. The van der Waals surface area contributed by atoms with Crippen molar-refractivity contribution < 1.29 is 9.47 Å². The topological polar surface area (TPSA) is 64.1 Å². The second kappa shape index (κ2) is 8.53. The van der Waals surface area contributed by atoms with Gasteiger partial charge >= 0.3 is 0 Å². The molecule has 136 valence electrons. The molecule has 0 saturated carbocycles. The number of rotatable bonds is 8. The summed E-state index contributed by atoms with van der Waals surface area (Å²) < 4.78 is 14.1. The summed E-state index contributed by atoms with van der Waals surface area (Å²) in [6.45, 7) is 5.41. The van der Waals surface area contributed by atoms with Crippen LogP contribution in [0.3, 0.4) is 0 Å². The minimum Gasteiger partial charge on any atom is -0.490 e. The van der Waals surface area contributed by atoms with Gasteiger partial charge in [0.2, 0.25) is 4.77 Å². The van der Waals surface area contributed by atoms with Crippen molar-refractivity contribution in [3.63, 3.8) is 0 Å². The van der Waals surface area contributed by atoms with E-state index in [-0.39, 0.29) is 0 Å². The van der Waals surface area contributed by atoms with Crippen molar-refractivity contribution in [2.24, 2.45) is 0 Å². The molecule has 3 rings (SSSR count). The minimum atomic E-state index is 0.474. The first-order valence-electron chi connectivity index (χ1n) is 8.48. The number of H-pyrrole nitrogens is 1. The van der Waals surface area contributed by atoms with Gasteiger partial charge in [-0.3, -0.25) is 5.10 Å². The third-order valence-corrected chi connectivity index (χ3v) is 4.13. The van der Waals surface area contributed by atoms with E-state index in [0.29, 0.717) is 24.5 Å². The number of hydrogen-bond donors (Lipinski definition) is 2. The molecule has 0 aliphatic heterocycles. The zero-order valence-electron chi connectivity index (χ0n) is 14.9. The van der Waals surface area contributed by atoms with Crippen molar-refractivity contribution in [1.29, 1.82) is 0 Å². The highest BCUT2D eigenvalue weighted by atomic mass is 32.1. The number of aryl methyl sites for hydroxylation is 1. The Bertz CT molecular complexity index is 905. The molecule has 0 spiro atoms. The molecule has 0 aliphatic rings. The van der Waals surface area contributed by atoms with Crippen molar-refractivity contribution in [2.45, 2.75) is 27.0 Å². The Hall–Kier alpha value is -2.80. The van der Waals surface area contributed by atoms with Crippen LogP contribution in [-0.4, -0.2) is 21.5 Å². The maximum atomic E-state index is 6.11. The van der Waals surface area contributed by atoms with E-state index in [1.165, 1.54) is 0 Å². The lowest BCUT2D eigenvalue weighted by Crippen LogP contribution is -2.17. The molecule has 0 bridgehead atoms. The molecular weight excluding hydrogens is 348 g/mol. The molecule has 7 heteroatoms. The monoisotopic (exact) mass is 370 g/mol. The number of hydrogen-bond acceptors (Lipinski definition) is 5. The second-order valence-electron chi connectivity index (χ2n) is 5.70. The lowest BCUT2D eigenvalue weighted by molar-refractivity contribution is 0.267. The Morgan fingerprint density at radius 1 is 1.12 bits per heavy atom. The molecule has 3 aromatic rings. The predicted molar refractivity (Wildman–Crippen MR) is 104 cm³/mol. The summed E-state index contributed by atoms with van der Waals surface area (Å²) in [6.07, 6.45) is 0. The zero-order valence-corrected chi connectivity index (χ0v) is 15.7. The van der Waals surface area contributed by atoms with Crippen molar-refractivity contribution in [3.8, 4) is 11.5 Å². The molecule has 0 saturated heterocycles. The molecule has 0 unspecified atom stereocenters. The van der Waals surface area contributed by atoms with Gasteiger partial charge in [0, 0.05) is 5.56 Å². The number of benzene rings is 2. The quantitative estimate of drug-likeness (QED) is 0.588. The van der Waals surface area contributed by atoms with Crippen LogP contribution in [-0.2, 0) is 13.2 Å². The number of aromatic amines is 1. The number of para-hydroxylation sites is 1. The standard InChI is InChI=1S/C19H22N4O2S/c1-3-24-17-11-7-10-16(12-20-23-14(2)21-22-19(23)26)18(17)25-13-15-8-5-4-6-9-15/h4-11,20H,3,12-13H2,1-2H3,(H,22,26). The van der Waals surface area contributed by atoms with Crippen LogP contribution in [0.5, 0.6) is 11.5 Å². The van der Waals surface area contributed by atoms with Crippen LogP contribution in [0.25, 0.3) is 0 Å². The van der Waals surface area contributed by atoms with Gasteiger partial charge in [0.15, 0.2) is 11.5 Å². The lowest BCUT2D eigenvalue weighted by Gasteiger charge is -2.17. The largest absolute Gasteiger partial charge is 0.490 e. The molecular formula is C19H22N4O2S. The number of aromatic nitrogens is 3. The van der Waals surface area contributed by atoms with Gasteiger partial charge in [-0.25, -0.2) is 4.68 Å². The third kappa shape index (κ3) is 4.23. The third-order valence-electron chi connectivity index (χ3n) is 3.85. The summed E-state index contributed by atoms with van der Waals surface area (Å²) in [6, 6.07) is 15.9. The highest BCUT2D eigenvalue weighted by Crippen LogP contribution is 2.32. The van der Waals surface area contributed by atoms with Crippen LogP contribution in [0.15, 0.2) is 48.5 Å². The summed E-state index contributed by atoms with van der Waals surface area (Å²) in [5.41, 5.74) is 5.35. The van der Waals surface area contributed by atoms with Gasteiger partial charge in [0.05, 0.1) is 13.2 Å². The maximum absolute atomic E-state index is 6.11. The second-order valence-corrected chi connectivity index (χ2v) is 6.08. The average Bonchev–Trinajstić information content (AvgIpc) is 2.98. The van der Waals surface area contributed by atoms with Crippen LogP contribution in [0.4, 0.5) is 0 Å². The molecule has 1 aromatic heterocycles. The summed E-state index contributed by atoms with van der Waals surface area (Å²) >= 11 is 5.23. The molecule has 26 heavy (non-hydrogen) atoms. The van der Waals surface area contributed by atoms with E-state index in [1.807, 2.05) is 62.4 Å². The Morgan fingerprint density at radius 2 is 1.92 bits per heavy atom. The highest BCUT2D eigenvalue weighted by molar-refractivity contribution is 7.71. The Morgan fingerprint density at radius 3 is 2.62 bits per heavy atom. The van der Waals surface area contributed by atoms with Gasteiger partial charge in [-0.15, -0.1) is 0 Å². The van der Waals surface area contributed by atoms with Gasteiger partial charge < -0.3 is 14.9 Å². The summed E-state index contributed by atoms with van der Waals surface area (Å²) in [7, 11) is 0. The molecule has 0 fully saturated rings. The van der Waals surface area contributed by atoms with Crippen molar-refractivity contribution in [1.82, 2.24) is 14.9 Å². The predicted octanol–water partition coefficient (Wildman–Crippen LogP) is 3.97. The van der Waals surface area contributed by atoms with E-state index >= 15 is 0 Å². The Labute approximate surface area is 157 Å². The van der Waals surface area contributed by atoms with E-state index in [2.05, 4.69) is 15.6 Å². The molecule has 1 heterocycles. The van der Waals surface area contributed by atoms with Crippen molar-refractivity contribution in [2.75, 3.05) is 12.0 Å². The van der Waals surface area contributed by atoms with Gasteiger partial charge in [-0.1, -0.05) is 42.5 Å². The molecule has 6 nitrogen and oxygen atoms in total. The van der Waals surface area contributed by atoms with Crippen LogP contribution >= 0.6 is 12.2 Å². The van der Waals surface area contributed by atoms with Gasteiger partial charge in [0.25, 0.3) is 0 Å². The molecule has 0 atom stereocenters. The van der Waals surface area contributed by atoms with Gasteiger partial charge in [-0.2, -0.15) is 5.10 Å². The highest BCUT2D eigenvalue weighted by Gasteiger charge is 2.12. The number of nitrogens with one attached hydrogen (secondary N) is 2. The fourth-order valence-corrected chi connectivity index (χ4v) is 2.83. The molecule has 0 aliphatic carbocycles. The SMILES string of the molecule is CCOc1cccc(CNn2c(C)n[nH]c2=S)c1OCc1ccccc1. The molecule has 0 radical (unpaired) electrons. The lowest BCUT2D eigenvalue weighted by atomic mass is 10.2.